The van der Waals surface area contributed by atoms with Gasteiger partial charge in [0.05, 0.1) is 42.8 Å². The highest BCUT2D eigenvalue weighted by Crippen LogP contribution is 2.34. The van der Waals surface area contributed by atoms with Crippen molar-refractivity contribution >= 4 is 16.0 Å². The summed E-state index contributed by atoms with van der Waals surface area (Å²) in [5.41, 5.74) is -0.0851. The molecule has 1 aromatic heterocycles. The minimum absolute atomic E-state index is 0.0878. The van der Waals surface area contributed by atoms with Crippen LogP contribution in [0.2, 0.25) is 0 Å². The first kappa shape index (κ1) is 22.2. The number of methoxy groups -OCH3 is 1. The molecule has 1 heterocycles. The maximum atomic E-state index is 13.6. The van der Waals surface area contributed by atoms with E-state index in [9.17, 15) is 30.8 Å². The number of fused-ring (bicyclic) bond motifs is 1. The lowest BCUT2D eigenvalue weighted by Crippen LogP contribution is -2.31. The molecule has 12 heteroatoms. The molecule has 7 nitrogen and oxygen atoms in total. The van der Waals surface area contributed by atoms with Crippen LogP contribution in [0.15, 0.2) is 29.3 Å². The fraction of sp³-hybridized carbons (Fsp3) is 0.444. The molecule has 1 atom stereocenters. The standard InChI is InChI=1S/C18H19F4N3O4S/c1-29-17(26)5-6-25-16-4-2-3-15(14(16)10-23-25)24-30(27,28)13-8-11(18(20,21)22)7-12(19)9-13/h7-10,15,24H,2-6H2,1H3/t15-/m1/s1. The molecule has 0 saturated heterocycles. The van der Waals surface area contributed by atoms with Crippen molar-refractivity contribution in [3.05, 3.63) is 47.0 Å². The summed E-state index contributed by atoms with van der Waals surface area (Å²) in [4.78, 5) is 10.5. The van der Waals surface area contributed by atoms with Crippen molar-refractivity contribution in [3.63, 3.8) is 0 Å². The molecule has 1 aliphatic rings. The number of hydrogen-bond donors (Lipinski definition) is 1. The topological polar surface area (TPSA) is 90.3 Å². The molecule has 1 aliphatic carbocycles. The van der Waals surface area contributed by atoms with Gasteiger partial charge in [0, 0.05) is 11.3 Å². The van der Waals surface area contributed by atoms with Crippen molar-refractivity contribution in [3.8, 4) is 0 Å². The Kier molecular flexibility index (Phi) is 6.18. The first-order valence-corrected chi connectivity index (χ1v) is 10.5. The summed E-state index contributed by atoms with van der Waals surface area (Å²) >= 11 is 0. The van der Waals surface area contributed by atoms with Crippen LogP contribution in [0.5, 0.6) is 0 Å². The highest BCUT2D eigenvalue weighted by molar-refractivity contribution is 7.89. The van der Waals surface area contributed by atoms with E-state index >= 15 is 0 Å². The molecule has 0 unspecified atom stereocenters. The number of nitrogens with one attached hydrogen (secondary N) is 1. The molecule has 3 rings (SSSR count). The number of aromatic nitrogens is 2. The molecule has 30 heavy (non-hydrogen) atoms. The Hall–Kier alpha value is -2.47. The van der Waals surface area contributed by atoms with Crippen molar-refractivity contribution in [1.29, 1.82) is 0 Å². The van der Waals surface area contributed by atoms with Crippen LogP contribution >= 0.6 is 0 Å². The predicted molar refractivity (Wildman–Crippen MR) is 96.3 cm³/mol. The lowest BCUT2D eigenvalue weighted by molar-refractivity contribution is -0.141. The largest absolute Gasteiger partial charge is 0.469 e. The molecule has 0 bridgehead atoms. The van der Waals surface area contributed by atoms with Gasteiger partial charge in [-0.2, -0.15) is 18.3 Å². The van der Waals surface area contributed by atoms with Crippen molar-refractivity contribution in [2.24, 2.45) is 0 Å². The highest BCUT2D eigenvalue weighted by Gasteiger charge is 2.34. The number of hydrogen-bond acceptors (Lipinski definition) is 5. The van der Waals surface area contributed by atoms with Crippen LogP contribution in [0.25, 0.3) is 0 Å². The minimum atomic E-state index is -4.88. The number of carbonyl (C=O) groups is 1. The summed E-state index contributed by atoms with van der Waals surface area (Å²) in [7, 11) is -3.16. The van der Waals surface area contributed by atoms with E-state index in [1.54, 1.807) is 4.68 Å². The van der Waals surface area contributed by atoms with Crippen LogP contribution in [-0.4, -0.2) is 31.3 Å². The van der Waals surface area contributed by atoms with Crippen LogP contribution in [0.4, 0.5) is 17.6 Å². The third-order valence-corrected chi connectivity index (χ3v) is 6.28. The second-order valence-corrected chi connectivity index (χ2v) is 8.55. The Bertz CT molecular complexity index is 1050. The van der Waals surface area contributed by atoms with Crippen molar-refractivity contribution in [2.75, 3.05) is 7.11 Å². The van der Waals surface area contributed by atoms with Crippen molar-refractivity contribution in [2.45, 2.75) is 49.3 Å². The molecule has 0 fully saturated rings. The Morgan fingerprint density at radius 3 is 2.73 bits per heavy atom. The van der Waals surface area contributed by atoms with Crippen LogP contribution in [-0.2, 0) is 38.7 Å². The zero-order valence-corrected chi connectivity index (χ0v) is 16.7. The summed E-state index contributed by atoms with van der Waals surface area (Å²) in [6.45, 7) is 0.250. The number of sulfonamides is 1. The molecule has 0 radical (unpaired) electrons. The Balaban J connectivity index is 1.85. The third-order valence-electron chi connectivity index (χ3n) is 4.82. The van der Waals surface area contributed by atoms with Gasteiger partial charge in [-0.3, -0.25) is 9.48 Å². The van der Waals surface area contributed by atoms with Crippen molar-refractivity contribution in [1.82, 2.24) is 14.5 Å². The van der Waals surface area contributed by atoms with Crippen molar-refractivity contribution < 1.29 is 35.5 Å². The molecule has 1 aromatic carbocycles. The number of benzene rings is 1. The first-order valence-electron chi connectivity index (χ1n) is 9.03. The van der Waals surface area contributed by atoms with E-state index in [2.05, 4.69) is 14.6 Å². The van der Waals surface area contributed by atoms with Gasteiger partial charge in [-0.15, -0.1) is 0 Å². The number of rotatable bonds is 6. The summed E-state index contributed by atoms with van der Waals surface area (Å²) in [6, 6.07) is 0.447. The maximum Gasteiger partial charge on any atom is 0.416 e. The van der Waals surface area contributed by atoms with E-state index in [-0.39, 0.29) is 19.0 Å². The number of carbonyl (C=O) groups excluding carboxylic acids is 1. The molecular weight excluding hydrogens is 430 g/mol. The smallest absolute Gasteiger partial charge is 0.416 e. The van der Waals surface area contributed by atoms with Gasteiger partial charge >= 0.3 is 12.1 Å². The number of alkyl halides is 3. The number of ether oxygens (including phenoxy) is 1. The zero-order chi connectivity index (χ0) is 22.1. The number of nitrogens with zero attached hydrogens (tertiary/aromatic N) is 2. The average Bonchev–Trinajstić information content (AvgIpc) is 3.09. The van der Waals surface area contributed by atoms with Crippen LogP contribution < -0.4 is 4.72 Å². The summed E-state index contributed by atoms with van der Waals surface area (Å²) in [5.74, 6) is -1.72. The van der Waals surface area contributed by atoms with E-state index < -0.39 is 44.5 Å². The van der Waals surface area contributed by atoms with Gasteiger partial charge in [-0.25, -0.2) is 17.5 Å². The fourth-order valence-corrected chi connectivity index (χ4v) is 4.68. The Morgan fingerprint density at radius 1 is 1.33 bits per heavy atom. The second kappa shape index (κ2) is 8.34. The normalized spacial score (nSPS) is 16.9. The number of halogens is 4. The van der Waals surface area contributed by atoms with Crippen LogP contribution in [0.1, 0.15) is 42.1 Å². The van der Waals surface area contributed by atoms with E-state index in [0.717, 1.165) is 5.69 Å². The van der Waals surface area contributed by atoms with E-state index in [4.69, 9.17) is 0 Å². The van der Waals surface area contributed by atoms with Gasteiger partial charge < -0.3 is 4.74 Å². The fourth-order valence-electron chi connectivity index (χ4n) is 3.37. The van der Waals surface area contributed by atoms with Gasteiger partial charge in [0.2, 0.25) is 10.0 Å². The number of aryl methyl sites for hydroxylation is 1. The van der Waals surface area contributed by atoms with Gasteiger partial charge in [0.1, 0.15) is 5.82 Å². The lowest BCUT2D eigenvalue weighted by atomic mass is 9.94. The molecule has 0 amide bonds. The Morgan fingerprint density at radius 2 is 2.07 bits per heavy atom. The van der Waals surface area contributed by atoms with E-state index in [1.807, 2.05) is 0 Å². The number of esters is 1. The van der Waals surface area contributed by atoms with Gasteiger partial charge in [-0.05, 0) is 37.5 Å². The Labute approximate surface area is 170 Å². The monoisotopic (exact) mass is 449 g/mol. The molecule has 164 valence electrons. The molecule has 1 N–H and O–H groups in total. The van der Waals surface area contributed by atoms with Gasteiger partial charge in [0.15, 0.2) is 0 Å². The van der Waals surface area contributed by atoms with Gasteiger partial charge in [0.25, 0.3) is 0 Å². The molecule has 0 aliphatic heterocycles. The molecular formula is C18H19F4N3O4S. The summed E-state index contributed by atoms with van der Waals surface area (Å²) in [6.07, 6.45) is -1.73. The zero-order valence-electron chi connectivity index (χ0n) is 15.9. The van der Waals surface area contributed by atoms with E-state index in [0.29, 0.717) is 37.0 Å². The molecule has 0 saturated carbocycles. The summed E-state index contributed by atoms with van der Waals surface area (Å²) in [5, 5.41) is 4.18. The maximum absolute atomic E-state index is 13.6. The SMILES string of the molecule is COC(=O)CCn1ncc2c1CCC[C@H]2NS(=O)(=O)c1cc(F)cc(C(F)(F)F)c1. The predicted octanol–water partition coefficient (Wildman–Crippen LogP) is 2.96. The van der Waals surface area contributed by atoms with E-state index in [1.165, 1.54) is 13.3 Å². The average molecular weight is 449 g/mol. The summed E-state index contributed by atoms with van der Waals surface area (Å²) < 4.78 is 86.3. The minimum Gasteiger partial charge on any atom is -0.469 e. The lowest BCUT2D eigenvalue weighted by Gasteiger charge is -2.24. The molecule has 0 spiro atoms. The van der Waals surface area contributed by atoms with Crippen LogP contribution in [0.3, 0.4) is 0 Å². The third kappa shape index (κ3) is 4.81. The second-order valence-electron chi connectivity index (χ2n) is 6.84. The molecule has 2 aromatic rings. The first-order chi connectivity index (χ1) is 14.0. The van der Waals surface area contributed by atoms with Crippen LogP contribution in [0, 0.1) is 5.82 Å². The highest BCUT2D eigenvalue weighted by atomic mass is 32.2. The quantitative estimate of drug-likeness (QED) is 0.541. The van der Waals surface area contributed by atoms with Gasteiger partial charge in [-0.1, -0.05) is 0 Å².